The summed E-state index contributed by atoms with van der Waals surface area (Å²) in [6.45, 7) is 1.62. The summed E-state index contributed by atoms with van der Waals surface area (Å²) in [6.07, 6.45) is 1.12. The van der Waals surface area contributed by atoms with E-state index in [9.17, 15) is 9.18 Å². The van der Waals surface area contributed by atoms with Gasteiger partial charge in [0.1, 0.15) is 12.4 Å². The Labute approximate surface area is 126 Å². The highest BCUT2D eigenvalue weighted by Crippen LogP contribution is 2.26. The Kier molecular flexibility index (Phi) is 4.75. The minimum Gasteiger partial charge on any atom is -0.480 e. The van der Waals surface area contributed by atoms with Gasteiger partial charge in [-0.05, 0) is 43.3 Å². The zero-order chi connectivity index (χ0) is 15.4. The molecule has 1 aromatic carbocycles. The molecule has 1 heterocycles. The van der Waals surface area contributed by atoms with E-state index in [2.05, 4.69) is 4.98 Å². The zero-order valence-electron chi connectivity index (χ0n) is 11.3. The molecular weight excluding hydrogens is 295 g/mol. The number of hydrogen-bond donors (Lipinski definition) is 1. The Balaban J connectivity index is 2.32. The SMILES string of the molecule is CC(c1ccc(F)cn1)N(CC(=O)O)c1ccc(Cl)cc1. The summed E-state index contributed by atoms with van der Waals surface area (Å²) in [5.74, 6) is -1.39. The van der Waals surface area contributed by atoms with Gasteiger partial charge < -0.3 is 10.0 Å². The molecule has 6 heteroatoms. The van der Waals surface area contributed by atoms with Crippen molar-refractivity contribution in [2.45, 2.75) is 13.0 Å². The van der Waals surface area contributed by atoms with E-state index in [1.54, 1.807) is 35.2 Å². The van der Waals surface area contributed by atoms with Crippen molar-refractivity contribution < 1.29 is 14.3 Å². The second-order valence-corrected chi connectivity index (χ2v) is 5.01. The standard InChI is InChI=1S/C15H14ClFN2O2/c1-10(14-7-4-12(17)8-18-14)19(9-15(20)21)13-5-2-11(16)3-6-13/h2-8,10H,9H2,1H3,(H,20,21). The molecule has 1 atom stereocenters. The van der Waals surface area contributed by atoms with Crippen molar-refractivity contribution in [3.63, 3.8) is 0 Å². The van der Waals surface area contributed by atoms with Crippen LogP contribution in [0.1, 0.15) is 18.7 Å². The molecule has 1 unspecified atom stereocenters. The molecule has 0 fully saturated rings. The monoisotopic (exact) mass is 308 g/mol. The van der Waals surface area contributed by atoms with Crippen molar-refractivity contribution in [2.75, 3.05) is 11.4 Å². The van der Waals surface area contributed by atoms with E-state index in [0.717, 1.165) is 6.20 Å². The third-order valence-corrected chi connectivity index (χ3v) is 3.36. The van der Waals surface area contributed by atoms with Crippen LogP contribution in [0.3, 0.4) is 0 Å². The van der Waals surface area contributed by atoms with Crippen molar-refractivity contribution in [3.05, 3.63) is 59.1 Å². The van der Waals surface area contributed by atoms with E-state index in [0.29, 0.717) is 16.4 Å². The van der Waals surface area contributed by atoms with Crippen LogP contribution in [0.5, 0.6) is 0 Å². The van der Waals surface area contributed by atoms with Crippen LogP contribution < -0.4 is 4.90 Å². The van der Waals surface area contributed by atoms with Gasteiger partial charge in [-0.1, -0.05) is 11.6 Å². The Morgan fingerprint density at radius 3 is 2.52 bits per heavy atom. The van der Waals surface area contributed by atoms with Gasteiger partial charge in [0.15, 0.2) is 0 Å². The number of anilines is 1. The normalized spacial score (nSPS) is 12.0. The first-order chi connectivity index (χ1) is 9.97. The van der Waals surface area contributed by atoms with Crippen molar-refractivity contribution in [3.8, 4) is 0 Å². The molecule has 110 valence electrons. The second-order valence-electron chi connectivity index (χ2n) is 4.58. The van der Waals surface area contributed by atoms with Crippen LogP contribution in [0.2, 0.25) is 5.02 Å². The molecule has 21 heavy (non-hydrogen) atoms. The van der Waals surface area contributed by atoms with Crippen molar-refractivity contribution in [1.29, 1.82) is 0 Å². The zero-order valence-corrected chi connectivity index (χ0v) is 12.1. The number of benzene rings is 1. The summed E-state index contributed by atoms with van der Waals surface area (Å²) in [6, 6.07) is 9.40. The number of aliphatic carboxylic acids is 1. The molecule has 0 amide bonds. The number of carboxylic acid groups (broad SMARTS) is 1. The quantitative estimate of drug-likeness (QED) is 0.918. The molecule has 0 radical (unpaired) electrons. The molecule has 2 rings (SSSR count). The van der Waals surface area contributed by atoms with Gasteiger partial charge in [0.2, 0.25) is 0 Å². The lowest BCUT2D eigenvalue weighted by Crippen LogP contribution is -2.32. The first-order valence-electron chi connectivity index (χ1n) is 6.33. The van der Waals surface area contributed by atoms with Crippen LogP contribution in [-0.4, -0.2) is 22.6 Å². The van der Waals surface area contributed by atoms with Crippen LogP contribution in [-0.2, 0) is 4.79 Å². The number of halogens is 2. The summed E-state index contributed by atoms with van der Waals surface area (Å²) in [7, 11) is 0. The topological polar surface area (TPSA) is 53.4 Å². The van der Waals surface area contributed by atoms with E-state index in [4.69, 9.17) is 16.7 Å². The van der Waals surface area contributed by atoms with Crippen LogP contribution in [0.4, 0.5) is 10.1 Å². The highest BCUT2D eigenvalue weighted by Gasteiger charge is 2.20. The maximum atomic E-state index is 12.9. The molecule has 0 spiro atoms. The fourth-order valence-corrected chi connectivity index (χ4v) is 2.15. The van der Waals surface area contributed by atoms with Gasteiger partial charge in [0.25, 0.3) is 0 Å². The predicted octanol–water partition coefficient (Wildman–Crippen LogP) is 3.53. The molecule has 0 aliphatic heterocycles. The molecule has 0 aliphatic carbocycles. The molecular formula is C15H14ClFN2O2. The molecule has 4 nitrogen and oxygen atoms in total. The molecule has 0 bridgehead atoms. The van der Waals surface area contributed by atoms with Gasteiger partial charge in [-0.3, -0.25) is 9.78 Å². The maximum absolute atomic E-state index is 12.9. The highest BCUT2D eigenvalue weighted by molar-refractivity contribution is 6.30. The average Bonchev–Trinajstić information content (AvgIpc) is 2.46. The molecule has 1 N–H and O–H groups in total. The van der Waals surface area contributed by atoms with Gasteiger partial charge >= 0.3 is 5.97 Å². The largest absolute Gasteiger partial charge is 0.480 e. The van der Waals surface area contributed by atoms with E-state index < -0.39 is 11.8 Å². The van der Waals surface area contributed by atoms with Gasteiger partial charge in [-0.2, -0.15) is 0 Å². The van der Waals surface area contributed by atoms with Crippen molar-refractivity contribution in [2.24, 2.45) is 0 Å². The molecule has 0 saturated carbocycles. The Morgan fingerprint density at radius 1 is 1.33 bits per heavy atom. The number of carboxylic acids is 1. The Hall–Kier alpha value is -2.14. The lowest BCUT2D eigenvalue weighted by molar-refractivity contribution is -0.135. The number of nitrogens with zero attached hydrogens (tertiary/aromatic N) is 2. The molecule has 0 aliphatic rings. The minimum absolute atomic E-state index is 0.193. The molecule has 1 aromatic heterocycles. The van der Waals surface area contributed by atoms with Crippen LogP contribution in [0.25, 0.3) is 0 Å². The fraction of sp³-hybridized carbons (Fsp3) is 0.200. The third kappa shape index (κ3) is 3.92. The molecule has 0 saturated heterocycles. The van der Waals surface area contributed by atoms with Crippen LogP contribution >= 0.6 is 11.6 Å². The van der Waals surface area contributed by atoms with Gasteiger partial charge in [-0.25, -0.2) is 4.39 Å². The highest BCUT2D eigenvalue weighted by atomic mass is 35.5. The lowest BCUT2D eigenvalue weighted by atomic mass is 10.1. The van der Waals surface area contributed by atoms with Crippen molar-refractivity contribution in [1.82, 2.24) is 4.98 Å². The summed E-state index contributed by atoms with van der Waals surface area (Å²) >= 11 is 5.85. The first kappa shape index (κ1) is 15.3. The first-order valence-corrected chi connectivity index (χ1v) is 6.70. The summed E-state index contributed by atoms with van der Waals surface area (Å²) < 4.78 is 12.9. The summed E-state index contributed by atoms with van der Waals surface area (Å²) in [4.78, 5) is 16.8. The number of carbonyl (C=O) groups is 1. The van der Waals surface area contributed by atoms with E-state index in [1.165, 1.54) is 6.07 Å². The number of hydrogen-bond acceptors (Lipinski definition) is 3. The van der Waals surface area contributed by atoms with E-state index >= 15 is 0 Å². The number of aromatic nitrogens is 1. The lowest BCUT2D eigenvalue weighted by Gasteiger charge is -2.29. The predicted molar refractivity (Wildman–Crippen MR) is 79.0 cm³/mol. The van der Waals surface area contributed by atoms with Crippen LogP contribution in [0, 0.1) is 5.82 Å². The van der Waals surface area contributed by atoms with E-state index in [-0.39, 0.29) is 12.6 Å². The smallest absolute Gasteiger partial charge is 0.323 e. The fourth-order valence-electron chi connectivity index (χ4n) is 2.02. The average molecular weight is 309 g/mol. The van der Waals surface area contributed by atoms with E-state index in [1.807, 2.05) is 6.92 Å². The van der Waals surface area contributed by atoms with Crippen LogP contribution in [0.15, 0.2) is 42.6 Å². The number of rotatable bonds is 5. The van der Waals surface area contributed by atoms with Gasteiger partial charge in [0.05, 0.1) is 17.9 Å². The minimum atomic E-state index is -0.959. The molecule has 2 aromatic rings. The summed E-state index contributed by atoms with van der Waals surface area (Å²) in [5.41, 5.74) is 1.30. The van der Waals surface area contributed by atoms with Crippen molar-refractivity contribution >= 4 is 23.3 Å². The maximum Gasteiger partial charge on any atom is 0.323 e. The van der Waals surface area contributed by atoms with Gasteiger partial charge in [0, 0.05) is 10.7 Å². The second kappa shape index (κ2) is 6.54. The third-order valence-electron chi connectivity index (χ3n) is 3.11. The Bertz CT molecular complexity index is 617. The Morgan fingerprint density at radius 2 is 2.00 bits per heavy atom. The van der Waals surface area contributed by atoms with Gasteiger partial charge in [-0.15, -0.1) is 0 Å². The number of pyridine rings is 1. The summed E-state index contributed by atoms with van der Waals surface area (Å²) in [5, 5.41) is 9.66.